The molecule has 0 aliphatic rings. The summed E-state index contributed by atoms with van der Waals surface area (Å²) in [5.41, 5.74) is 1.45. The average Bonchev–Trinajstić information content (AvgIpc) is 2.97. The number of esters is 1. The van der Waals surface area contributed by atoms with Crippen LogP contribution in [0.5, 0.6) is 0 Å². The Hall–Kier alpha value is -2.93. The lowest BCUT2D eigenvalue weighted by atomic mass is 10.1. The standard InChI is InChI=1S/C20H20N2O4S/c1-13-12-27-20(25)22(13)10-9-18(23)26-14(2)19(24)21-17-8-7-15-5-3-4-6-16(15)11-17/h3-8,11-12,14H,9-10H2,1-2H3,(H,21,24)/t14-/m0/s1. The molecule has 0 bridgehead atoms. The summed E-state index contributed by atoms with van der Waals surface area (Å²) in [7, 11) is 0. The average molecular weight is 384 g/mol. The first kappa shape index (κ1) is 18.8. The van der Waals surface area contributed by atoms with Gasteiger partial charge in [0.1, 0.15) is 0 Å². The zero-order chi connectivity index (χ0) is 19.4. The van der Waals surface area contributed by atoms with E-state index in [0.29, 0.717) is 5.69 Å². The highest BCUT2D eigenvalue weighted by molar-refractivity contribution is 7.07. The van der Waals surface area contributed by atoms with Gasteiger partial charge in [-0.15, -0.1) is 0 Å². The molecule has 1 aromatic heterocycles. The number of benzene rings is 2. The van der Waals surface area contributed by atoms with E-state index in [1.54, 1.807) is 11.4 Å². The van der Waals surface area contributed by atoms with Crippen LogP contribution in [0.3, 0.4) is 0 Å². The van der Waals surface area contributed by atoms with Crippen LogP contribution in [0.15, 0.2) is 52.6 Å². The summed E-state index contributed by atoms with van der Waals surface area (Å²) in [6, 6.07) is 13.4. The fraction of sp³-hybridized carbons (Fsp3) is 0.250. The number of fused-ring (bicyclic) bond motifs is 1. The molecule has 0 saturated carbocycles. The van der Waals surface area contributed by atoms with Gasteiger partial charge in [-0.25, -0.2) is 0 Å². The Bertz CT molecular complexity index is 1040. The molecule has 0 aliphatic heterocycles. The molecule has 1 N–H and O–H groups in total. The molecule has 0 aliphatic carbocycles. The Kier molecular flexibility index (Phi) is 5.71. The minimum absolute atomic E-state index is 0.0328. The second kappa shape index (κ2) is 8.18. The van der Waals surface area contributed by atoms with Crippen LogP contribution < -0.4 is 10.2 Å². The minimum Gasteiger partial charge on any atom is -0.452 e. The fourth-order valence-electron chi connectivity index (χ4n) is 2.70. The lowest BCUT2D eigenvalue weighted by Gasteiger charge is -2.14. The van der Waals surface area contributed by atoms with Gasteiger partial charge in [0.05, 0.1) is 6.42 Å². The molecule has 6 nitrogen and oxygen atoms in total. The number of rotatable bonds is 6. The van der Waals surface area contributed by atoms with E-state index in [1.807, 2.05) is 43.3 Å². The SMILES string of the molecule is Cc1csc(=O)n1CCC(=O)O[C@@H](C)C(=O)Nc1ccc2ccccc2c1. The smallest absolute Gasteiger partial charge is 0.308 e. The van der Waals surface area contributed by atoms with Crippen molar-refractivity contribution in [2.45, 2.75) is 32.9 Å². The third-order valence-corrected chi connectivity index (χ3v) is 5.09. The first-order valence-corrected chi connectivity index (χ1v) is 9.46. The summed E-state index contributed by atoms with van der Waals surface area (Å²) in [6.45, 7) is 3.57. The molecule has 1 atom stereocenters. The number of carbonyl (C=O) groups excluding carboxylic acids is 2. The maximum atomic E-state index is 12.3. The van der Waals surface area contributed by atoms with Crippen molar-refractivity contribution < 1.29 is 14.3 Å². The van der Waals surface area contributed by atoms with E-state index >= 15 is 0 Å². The first-order valence-electron chi connectivity index (χ1n) is 8.58. The van der Waals surface area contributed by atoms with Gasteiger partial charge in [0.25, 0.3) is 5.91 Å². The molecule has 0 spiro atoms. The maximum absolute atomic E-state index is 12.3. The number of thiazole rings is 1. The zero-order valence-corrected chi connectivity index (χ0v) is 15.9. The lowest BCUT2D eigenvalue weighted by Crippen LogP contribution is -2.30. The predicted octanol–water partition coefficient (Wildman–Crippen LogP) is 3.33. The van der Waals surface area contributed by atoms with Crippen LogP contribution in [0, 0.1) is 6.92 Å². The number of nitrogens with zero attached hydrogens (tertiary/aromatic N) is 1. The van der Waals surface area contributed by atoms with Crippen LogP contribution in [0.4, 0.5) is 5.69 Å². The van der Waals surface area contributed by atoms with Crippen LogP contribution in [-0.2, 0) is 20.9 Å². The van der Waals surface area contributed by atoms with E-state index in [-0.39, 0.29) is 17.8 Å². The number of aryl methyl sites for hydroxylation is 1. The van der Waals surface area contributed by atoms with Crippen LogP contribution in [-0.4, -0.2) is 22.5 Å². The molecule has 0 saturated heterocycles. The van der Waals surface area contributed by atoms with Crippen LogP contribution in [0.25, 0.3) is 10.8 Å². The quantitative estimate of drug-likeness (QED) is 0.661. The van der Waals surface area contributed by atoms with Gasteiger partial charge in [-0.05, 0) is 36.8 Å². The van der Waals surface area contributed by atoms with Gasteiger partial charge in [-0.1, -0.05) is 41.7 Å². The van der Waals surface area contributed by atoms with Crippen LogP contribution in [0.2, 0.25) is 0 Å². The maximum Gasteiger partial charge on any atom is 0.308 e. The highest BCUT2D eigenvalue weighted by atomic mass is 32.1. The van der Waals surface area contributed by atoms with Crippen LogP contribution >= 0.6 is 11.3 Å². The number of amides is 1. The zero-order valence-electron chi connectivity index (χ0n) is 15.1. The number of nitrogens with one attached hydrogen (secondary N) is 1. The van der Waals surface area contributed by atoms with E-state index in [2.05, 4.69) is 5.32 Å². The van der Waals surface area contributed by atoms with E-state index in [4.69, 9.17) is 4.74 Å². The second-order valence-electron chi connectivity index (χ2n) is 6.23. The molecule has 1 amide bonds. The van der Waals surface area contributed by atoms with E-state index in [9.17, 15) is 14.4 Å². The molecule has 0 unspecified atom stereocenters. The van der Waals surface area contributed by atoms with Crippen molar-refractivity contribution in [1.29, 1.82) is 0 Å². The minimum atomic E-state index is -0.927. The molecule has 3 rings (SSSR count). The predicted molar refractivity (Wildman–Crippen MR) is 106 cm³/mol. The molecule has 7 heteroatoms. The van der Waals surface area contributed by atoms with Crippen molar-refractivity contribution in [3.8, 4) is 0 Å². The largest absolute Gasteiger partial charge is 0.452 e. The molecular formula is C20H20N2O4S. The van der Waals surface area contributed by atoms with Gasteiger partial charge in [0, 0.05) is 23.3 Å². The fourth-order valence-corrected chi connectivity index (χ4v) is 3.46. The highest BCUT2D eigenvalue weighted by Crippen LogP contribution is 2.19. The molecule has 0 fully saturated rings. The second-order valence-corrected chi connectivity index (χ2v) is 7.05. The van der Waals surface area contributed by atoms with Gasteiger partial charge in [-0.3, -0.25) is 14.4 Å². The summed E-state index contributed by atoms with van der Waals surface area (Å²) in [5.74, 6) is -0.920. The van der Waals surface area contributed by atoms with Crippen molar-refractivity contribution in [3.63, 3.8) is 0 Å². The Balaban J connectivity index is 1.54. The number of anilines is 1. The van der Waals surface area contributed by atoms with E-state index in [0.717, 1.165) is 27.8 Å². The van der Waals surface area contributed by atoms with Gasteiger partial charge < -0.3 is 14.6 Å². The number of aromatic nitrogens is 1. The summed E-state index contributed by atoms with van der Waals surface area (Å²) in [6.07, 6.45) is -0.894. The Morgan fingerprint density at radius 2 is 1.93 bits per heavy atom. The Morgan fingerprint density at radius 3 is 2.63 bits per heavy atom. The number of hydrogen-bond acceptors (Lipinski definition) is 5. The molecule has 3 aromatic rings. The van der Waals surface area contributed by atoms with Gasteiger partial charge in [0.2, 0.25) is 0 Å². The third kappa shape index (κ3) is 4.62. The Morgan fingerprint density at radius 1 is 1.19 bits per heavy atom. The van der Waals surface area contributed by atoms with Gasteiger partial charge in [-0.2, -0.15) is 0 Å². The first-order chi connectivity index (χ1) is 12.9. The molecule has 0 radical (unpaired) electrons. The van der Waals surface area contributed by atoms with Crippen molar-refractivity contribution >= 4 is 39.7 Å². The number of carbonyl (C=O) groups is 2. The lowest BCUT2D eigenvalue weighted by molar-refractivity contribution is -0.153. The van der Waals surface area contributed by atoms with Crippen LogP contribution in [0.1, 0.15) is 19.0 Å². The monoisotopic (exact) mass is 384 g/mol. The summed E-state index contributed by atoms with van der Waals surface area (Å²) in [5, 5.41) is 6.59. The molecular weight excluding hydrogens is 364 g/mol. The molecule has 2 aromatic carbocycles. The van der Waals surface area contributed by atoms with Gasteiger partial charge in [0.15, 0.2) is 6.10 Å². The van der Waals surface area contributed by atoms with Crippen molar-refractivity contribution in [1.82, 2.24) is 4.57 Å². The van der Waals surface area contributed by atoms with Crippen molar-refractivity contribution in [3.05, 3.63) is 63.2 Å². The van der Waals surface area contributed by atoms with E-state index in [1.165, 1.54) is 11.5 Å². The topological polar surface area (TPSA) is 77.4 Å². The number of hydrogen-bond donors (Lipinski definition) is 1. The summed E-state index contributed by atoms with van der Waals surface area (Å²) in [4.78, 5) is 35.8. The van der Waals surface area contributed by atoms with Crippen molar-refractivity contribution in [2.75, 3.05) is 5.32 Å². The summed E-state index contributed by atoms with van der Waals surface area (Å²) < 4.78 is 6.71. The molecule has 140 valence electrons. The summed E-state index contributed by atoms with van der Waals surface area (Å²) >= 11 is 1.09. The Labute approximate surface area is 160 Å². The van der Waals surface area contributed by atoms with Gasteiger partial charge >= 0.3 is 10.8 Å². The van der Waals surface area contributed by atoms with E-state index < -0.39 is 18.0 Å². The third-order valence-electron chi connectivity index (χ3n) is 4.21. The molecule has 1 heterocycles. The number of ether oxygens (including phenoxy) is 1. The van der Waals surface area contributed by atoms with Crippen molar-refractivity contribution in [2.24, 2.45) is 0 Å². The molecule has 27 heavy (non-hydrogen) atoms. The highest BCUT2D eigenvalue weighted by Gasteiger charge is 2.18. The normalized spacial score (nSPS) is 11.9.